The Kier molecular flexibility index (Phi) is 9.07. The predicted octanol–water partition coefficient (Wildman–Crippen LogP) is 4.63. The molecule has 1 aliphatic rings. The fourth-order valence-electron chi connectivity index (χ4n) is 1.14. The molecule has 0 heterocycles. The molecule has 1 heteroatoms. The second-order valence-corrected chi connectivity index (χ2v) is 4.45. The maximum Gasteiger partial charge on any atom is 0.0339 e. The van der Waals surface area contributed by atoms with Crippen LogP contribution in [-0.2, 0) is 0 Å². The van der Waals surface area contributed by atoms with E-state index in [2.05, 4.69) is 20.8 Å². The van der Waals surface area contributed by atoms with E-state index >= 15 is 0 Å². The molecule has 1 saturated carbocycles. The van der Waals surface area contributed by atoms with Crippen molar-refractivity contribution in [2.75, 3.05) is 0 Å². The Morgan fingerprint density at radius 2 is 2.00 bits per heavy atom. The summed E-state index contributed by atoms with van der Waals surface area (Å²) in [5, 5.41) is 0.160. The van der Waals surface area contributed by atoms with Gasteiger partial charge in [-0.2, -0.15) is 0 Å². The maximum absolute atomic E-state index is 5.60. The van der Waals surface area contributed by atoms with E-state index in [-0.39, 0.29) is 5.38 Å². The Labute approximate surface area is 89.1 Å². The quantitative estimate of drug-likeness (QED) is 0.451. The molecule has 0 amide bonds. The molecule has 1 fully saturated rings. The molecule has 0 saturated heterocycles. The minimum absolute atomic E-state index is 0.160. The van der Waals surface area contributed by atoms with Crippen LogP contribution in [0, 0.1) is 19.8 Å². The van der Waals surface area contributed by atoms with Crippen LogP contribution in [0.1, 0.15) is 51.9 Å². The van der Waals surface area contributed by atoms with Crippen LogP contribution in [0.2, 0.25) is 0 Å². The molecule has 0 aromatic heterocycles. The van der Waals surface area contributed by atoms with E-state index in [9.17, 15) is 0 Å². The molecule has 0 N–H and O–H groups in total. The normalized spacial score (nSPS) is 17.5. The minimum atomic E-state index is 0.160. The highest BCUT2D eigenvalue weighted by Crippen LogP contribution is 2.34. The fraction of sp³-hybridized carbons (Fsp3) is 0.833. The SMILES string of the molecule is [CH2]C(Cl)CC1CC1.[CH2]CCCCC. The summed E-state index contributed by atoms with van der Waals surface area (Å²) in [6.07, 6.45) is 8.97. The van der Waals surface area contributed by atoms with Gasteiger partial charge in [-0.15, -0.1) is 11.6 Å². The zero-order valence-corrected chi connectivity index (χ0v) is 9.65. The molecular formula is C12H23Cl. The Hall–Kier alpha value is 0.290. The Morgan fingerprint density at radius 3 is 2.15 bits per heavy atom. The van der Waals surface area contributed by atoms with E-state index in [0.717, 1.165) is 18.8 Å². The lowest BCUT2D eigenvalue weighted by atomic mass is 10.2. The van der Waals surface area contributed by atoms with E-state index in [4.69, 9.17) is 11.6 Å². The summed E-state index contributed by atoms with van der Waals surface area (Å²) in [5.41, 5.74) is 0. The maximum atomic E-state index is 5.60. The van der Waals surface area contributed by atoms with E-state index in [1.807, 2.05) is 0 Å². The Balaban J connectivity index is 0.000000226. The highest BCUT2D eigenvalue weighted by molar-refractivity contribution is 6.21. The molecule has 0 bridgehead atoms. The zero-order valence-electron chi connectivity index (χ0n) is 8.90. The van der Waals surface area contributed by atoms with Crippen LogP contribution in [0.5, 0.6) is 0 Å². The molecule has 0 aliphatic heterocycles. The first-order valence-corrected chi connectivity index (χ1v) is 5.90. The third kappa shape index (κ3) is 12.3. The second kappa shape index (κ2) is 8.87. The van der Waals surface area contributed by atoms with Crippen molar-refractivity contribution in [2.24, 2.45) is 5.92 Å². The molecule has 1 unspecified atom stereocenters. The molecule has 2 radical (unpaired) electrons. The summed E-state index contributed by atoms with van der Waals surface area (Å²) in [6, 6.07) is 0. The summed E-state index contributed by atoms with van der Waals surface area (Å²) in [4.78, 5) is 0. The largest absolute Gasteiger partial charge is 0.123 e. The summed E-state index contributed by atoms with van der Waals surface area (Å²) < 4.78 is 0. The molecule has 0 aromatic carbocycles. The van der Waals surface area contributed by atoms with Gasteiger partial charge in [0.15, 0.2) is 0 Å². The van der Waals surface area contributed by atoms with Crippen LogP contribution in [0.15, 0.2) is 0 Å². The third-order valence-corrected chi connectivity index (χ3v) is 2.32. The van der Waals surface area contributed by atoms with Gasteiger partial charge in [-0.25, -0.2) is 0 Å². The van der Waals surface area contributed by atoms with Crippen molar-refractivity contribution in [2.45, 2.75) is 57.2 Å². The topological polar surface area (TPSA) is 0 Å². The lowest BCUT2D eigenvalue weighted by Gasteiger charge is -1.95. The van der Waals surface area contributed by atoms with Gasteiger partial charge in [-0.05, 0) is 19.3 Å². The smallest absolute Gasteiger partial charge is 0.0339 e. The van der Waals surface area contributed by atoms with Crippen LogP contribution >= 0.6 is 11.6 Å². The number of hydrogen-bond donors (Lipinski definition) is 0. The van der Waals surface area contributed by atoms with Crippen LogP contribution in [0.25, 0.3) is 0 Å². The zero-order chi connectivity index (χ0) is 10.1. The van der Waals surface area contributed by atoms with Gasteiger partial charge in [0, 0.05) is 5.38 Å². The van der Waals surface area contributed by atoms with Crippen molar-refractivity contribution in [3.05, 3.63) is 13.8 Å². The van der Waals surface area contributed by atoms with Crippen molar-refractivity contribution in [3.63, 3.8) is 0 Å². The predicted molar refractivity (Wildman–Crippen MR) is 61.8 cm³/mol. The highest BCUT2D eigenvalue weighted by Gasteiger charge is 2.22. The Morgan fingerprint density at radius 1 is 1.38 bits per heavy atom. The number of rotatable bonds is 5. The summed E-state index contributed by atoms with van der Waals surface area (Å²) in [7, 11) is 0. The summed E-state index contributed by atoms with van der Waals surface area (Å²) in [6.45, 7) is 9.61. The first-order chi connectivity index (χ1) is 6.20. The monoisotopic (exact) mass is 202 g/mol. The van der Waals surface area contributed by atoms with Crippen LogP contribution in [0.3, 0.4) is 0 Å². The van der Waals surface area contributed by atoms with Crippen molar-refractivity contribution < 1.29 is 0 Å². The van der Waals surface area contributed by atoms with Crippen molar-refractivity contribution in [1.82, 2.24) is 0 Å². The van der Waals surface area contributed by atoms with Gasteiger partial charge in [0.1, 0.15) is 0 Å². The van der Waals surface area contributed by atoms with Gasteiger partial charge in [0.05, 0.1) is 0 Å². The molecule has 1 aliphatic carbocycles. The molecule has 1 atom stereocenters. The lowest BCUT2D eigenvalue weighted by Crippen LogP contribution is -1.90. The number of hydrogen-bond acceptors (Lipinski definition) is 0. The second-order valence-electron chi connectivity index (χ2n) is 3.84. The number of alkyl halides is 1. The van der Waals surface area contributed by atoms with E-state index in [1.54, 1.807) is 0 Å². The first kappa shape index (κ1) is 13.3. The number of halogens is 1. The van der Waals surface area contributed by atoms with E-state index in [1.165, 1.54) is 32.1 Å². The summed E-state index contributed by atoms with van der Waals surface area (Å²) in [5.74, 6) is 0.931. The van der Waals surface area contributed by atoms with Gasteiger partial charge >= 0.3 is 0 Å². The first-order valence-electron chi connectivity index (χ1n) is 5.47. The van der Waals surface area contributed by atoms with Crippen molar-refractivity contribution >= 4 is 11.6 Å². The Bertz CT molecular complexity index is 91.3. The van der Waals surface area contributed by atoms with Gasteiger partial charge in [-0.1, -0.05) is 52.4 Å². The molecule has 0 spiro atoms. The molecule has 13 heavy (non-hydrogen) atoms. The number of unbranched alkanes of at least 4 members (excludes halogenated alkanes) is 3. The lowest BCUT2D eigenvalue weighted by molar-refractivity contribution is 0.728. The highest BCUT2D eigenvalue weighted by atomic mass is 35.5. The molecule has 0 nitrogen and oxygen atoms in total. The fourth-order valence-corrected chi connectivity index (χ4v) is 1.39. The third-order valence-electron chi connectivity index (χ3n) is 2.14. The molecular weight excluding hydrogens is 180 g/mol. The minimum Gasteiger partial charge on any atom is -0.123 e. The molecule has 78 valence electrons. The van der Waals surface area contributed by atoms with Gasteiger partial charge in [0.25, 0.3) is 0 Å². The average molecular weight is 203 g/mol. The molecule has 1 rings (SSSR count). The van der Waals surface area contributed by atoms with Gasteiger partial charge in [-0.3, -0.25) is 0 Å². The van der Waals surface area contributed by atoms with Crippen molar-refractivity contribution in [1.29, 1.82) is 0 Å². The van der Waals surface area contributed by atoms with E-state index < -0.39 is 0 Å². The van der Waals surface area contributed by atoms with Crippen LogP contribution in [0.4, 0.5) is 0 Å². The summed E-state index contributed by atoms with van der Waals surface area (Å²) >= 11 is 5.60. The van der Waals surface area contributed by atoms with E-state index in [0.29, 0.717) is 0 Å². The molecule has 0 aromatic rings. The van der Waals surface area contributed by atoms with Crippen LogP contribution in [-0.4, -0.2) is 5.38 Å². The standard InChI is InChI=1S/C6H10Cl.C6H13/c1-5(7)4-6-2-3-6;1-3-5-6-4-2/h5-6H,1-4H2;1,3-6H2,2H3. The average Bonchev–Trinajstić information content (AvgIpc) is 2.84. The van der Waals surface area contributed by atoms with Gasteiger partial charge < -0.3 is 0 Å². The van der Waals surface area contributed by atoms with Crippen molar-refractivity contribution in [3.8, 4) is 0 Å². The van der Waals surface area contributed by atoms with Gasteiger partial charge in [0.2, 0.25) is 0 Å². The van der Waals surface area contributed by atoms with Crippen LogP contribution < -0.4 is 0 Å².